The number of benzene rings is 2. The van der Waals surface area contributed by atoms with Gasteiger partial charge >= 0.3 is 0 Å². The van der Waals surface area contributed by atoms with Crippen molar-refractivity contribution in [3.05, 3.63) is 59.7 Å². The van der Waals surface area contributed by atoms with Gasteiger partial charge in [0.15, 0.2) is 0 Å². The molecule has 5 heteroatoms. The summed E-state index contributed by atoms with van der Waals surface area (Å²) in [5, 5.41) is 11.5. The molecule has 4 rings (SSSR count). The normalized spacial score (nSPS) is 19.4. The first kappa shape index (κ1) is 18.4. The second kappa shape index (κ2) is 7.97. The molecule has 2 aromatic carbocycles. The first-order valence-corrected chi connectivity index (χ1v) is 9.90. The number of aryl methyl sites for hydroxylation is 1. The van der Waals surface area contributed by atoms with E-state index >= 15 is 0 Å². The summed E-state index contributed by atoms with van der Waals surface area (Å²) in [6, 6.07) is 15.6. The van der Waals surface area contributed by atoms with Crippen LogP contribution in [-0.4, -0.2) is 22.1 Å². The number of carbonyl (C=O) groups is 1. The van der Waals surface area contributed by atoms with Crippen molar-refractivity contribution in [1.29, 1.82) is 0 Å². The summed E-state index contributed by atoms with van der Waals surface area (Å²) >= 11 is 0. The minimum atomic E-state index is -0.0166. The van der Waals surface area contributed by atoms with Crippen molar-refractivity contribution in [2.24, 2.45) is 5.92 Å². The van der Waals surface area contributed by atoms with E-state index in [1.165, 1.54) is 12.8 Å². The zero-order valence-electron chi connectivity index (χ0n) is 16.3. The van der Waals surface area contributed by atoms with E-state index in [0.29, 0.717) is 17.3 Å². The fourth-order valence-electron chi connectivity index (χ4n) is 3.67. The van der Waals surface area contributed by atoms with E-state index < -0.39 is 0 Å². The molecule has 3 aromatic rings. The van der Waals surface area contributed by atoms with Crippen LogP contribution in [0.4, 0.5) is 0 Å². The van der Waals surface area contributed by atoms with Crippen molar-refractivity contribution in [3.8, 4) is 22.9 Å². The van der Waals surface area contributed by atoms with Crippen LogP contribution in [0.3, 0.4) is 0 Å². The SMILES string of the molecule is Cc1cccc(-c2nnc(-c3ccc(C(=O)NC4CCC(C)CC4)cc3)o2)c1. The lowest BCUT2D eigenvalue weighted by atomic mass is 9.87. The van der Waals surface area contributed by atoms with Gasteiger partial charge in [0, 0.05) is 22.7 Å². The van der Waals surface area contributed by atoms with Crippen LogP contribution >= 0.6 is 0 Å². The van der Waals surface area contributed by atoms with Gasteiger partial charge in [0.2, 0.25) is 11.8 Å². The van der Waals surface area contributed by atoms with Crippen LogP contribution in [0, 0.1) is 12.8 Å². The lowest BCUT2D eigenvalue weighted by Gasteiger charge is -2.26. The second-order valence-electron chi connectivity index (χ2n) is 7.79. The van der Waals surface area contributed by atoms with Gasteiger partial charge in [-0.05, 0) is 74.9 Å². The van der Waals surface area contributed by atoms with Gasteiger partial charge in [-0.3, -0.25) is 4.79 Å². The summed E-state index contributed by atoms with van der Waals surface area (Å²) in [6.45, 7) is 4.30. The van der Waals surface area contributed by atoms with Gasteiger partial charge in [-0.2, -0.15) is 0 Å². The monoisotopic (exact) mass is 375 g/mol. The molecule has 1 fully saturated rings. The van der Waals surface area contributed by atoms with E-state index in [4.69, 9.17) is 4.42 Å². The standard InChI is InChI=1S/C23H25N3O2/c1-15-6-12-20(13-7-15)24-21(27)17-8-10-18(11-9-17)22-25-26-23(28-22)19-5-3-4-16(2)14-19/h3-5,8-11,14-15,20H,6-7,12-13H2,1-2H3,(H,24,27). The van der Waals surface area contributed by atoms with Crippen molar-refractivity contribution in [3.63, 3.8) is 0 Å². The zero-order valence-corrected chi connectivity index (χ0v) is 16.3. The Bertz CT molecular complexity index is 954. The van der Waals surface area contributed by atoms with Crippen LogP contribution in [0.25, 0.3) is 22.9 Å². The Balaban J connectivity index is 1.44. The van der Waals surface area contributed by atoms with E-state index in [9.17, 15) is 4.79 Å². The molecule has 1 amide bonds. The smallest absolute Gasteiger partial charge is 0.251 e. The quantitative estimate of drug-likeness (QED) is 0.695. The molecule has 0 radical (unpaired) electrons. The zero-order chi connectivity index (χ0) is 19.5. The first-order chi connectivity index (χ1) is 13.6. The summed E-state index contributed by atoms with van der Waals surface area (Å²) in [5.41, 5.74) is 3.49. The topological polar surface area (TPSA) is 68.0 Å². The third kappa shape index (κ3) is 4.14. The molecule has 144 valence electrons. The molecule has 1 heterocycles. The molecule has 1 aliphatic rings. The Morgan fingerprint density at radius 1 is 0.964 bits per heavy atom. The Labute approximate surface area is 165 Å². The van der Waals surface area contributed by atoms with Gasteiger partial charge in [0.1, 0.15) is 0 Å². The lowest BCUT2D eigenvalue weighted by molar-refractivity contribution is 0.0923. The molecule has 1 N–H and O–H groups in total. The van der Waals surface area contributed by atoms with Crippen molar-refractivity contribution < 1.29 is 9.21 Å². The molecule has 28 heavy (non-hydrogen) atoms. The maximum absolute atomic E-state index is 12.5. The van der Waals surface area contributed by atoms with Crippen molar-refractivity contribution in [2.45, 2.75) is 45.6 Å². The molecule has 0 aliphatic heterocycles. The second-order valence-corrected chi connectivity index (χ2v) is 7.79. The Morgan fingerprint density at radius 2 is 1.64 bits per heavy atom. The van der Waals surface area contributed by atoms with E-state index in [1.807, 2.05) is 55.5 Å². The highest BCUT2D eigenvalue weighted by Crippen LogP contribution is 2.26. The maximum atomic E-state index is 12.5. The molecule has 1 saturated carbocycles. The highest BCUT2D eigenvalue weighted by molar-refractivity contribution is 5.94. The number of hydrogen-bond acceptors (Lipinski definition) is 4. The minimum Gasteiger partial charge on any atom is -0.416 e. The molecule has 0 spiro atoms. The van der Waals surface area contributed by atoms with Crippen LogP contribution < -0.4 is 5.32 Å². The third-order valence-electron chi connectivity index (χ3n) is 5.44. The lowest BCUT2D eigenvalue weighted by Crippen LogP contribution is -2.37. The van der Waals surface area contributed by atoms with Crippen LogP contribution in [0.15, 0.2) is 52.9 Å². The molecule has 0 saturated heterocycles. The van der Waals surface area contributed by atoms with Crippen LogP contribution in [0.1, 0.15) is 48.5 Å². The largest absolute Gasteiger partial charge is 0.416 e. The number of hydrogen-bond donors (Lipinski definition) is 1. The maximum Gasteiger partial charge on any atom is 0.251 e. The van der Waals surface area contributed by atoms with Gasteiger partial charge < -0.3 is 9.73 Å². The van der Waals surface area contributed by atoms with E-state index in [-0.39, 0.29) is 11.9 Å². The molecule has 5 nitrogen and oxygen atoms in total. The molecule has 1 aromatic heterocycles. The van der Waals surface area contributed by atoms with E-state index in [1.54, 1.807) is 0 Å². The van der Waals surface area contributed by atoms with Gasteiger partial charge in [-0.15, -0.1) is 10.2 Å². The molecule has 0 bridgehead atoms. The average Bonchev–Trinajstić information content (AvgIpc) is 3.20. The number of nitrogens with zero attached hydrogens (tertiary/aromatic N) is 2. The summed E-state index contributed by atoms with van der Waals surface area (Å²) < 4.78 is 5.82. The van der Waals surface area contributed by atoms with Crippen LogP contribution in [0.5, 0.6) is 0 Å². The number of aromatic nitrogens is 2. The molecule has 1 aliphatic carbocycles. The van der Waals surface area contributed by atoms with Gasteiger partial charge in [-0.25, -0.2) is 0 Å². The fourth-order valence-corrected chi connectivity index (χ4v) is 3.67. The van der Waals surface area contributed by atoms with E-state index in [0.717, 1.165) is 35.4 Å². The first-order valence-electron chi connectivity index (χ1n) is 9.90. The molecular weight excluding hydrogens is 350 g/mol. The Hall–Kier alpha value is -2.95. The van der Waals surface area contributed by atoms with Crippen molar-refractivity contribution >= 4 is 5.91 Å². The van der Waals surface area contributed by atoms with Crippen molar-refractivity contribution in [1.82, 2.24) is 15.5 Å². The number of carbonyl (C=O) groups excluding carboxylic acids is 1. The third-order valence-corrected chi connectivity index (χ3v) is 5.44. The van der Waals surface area contributed by atoms with Gasteiger partial charge in [0.05, 0.1) is 0 Å². The van der Waals surface area contributed by atoms with Gasteiger partial charge in [-0.1, -0.05) is 24.6 Å². The predicted octanol–water partition coefficient (Wildman–Crippen LogP) is 5.02. The fraction of sp³-hybridized carbons (Fsp3) is 0.348. The number of nitrogens with one attached hydrogen (secondary N) is 1. The summed E-state index contributed by atoms with van der Waals surface area (Å²) in [6.07, 6.45) is 4.50. The number of amides is 1. The van der Waals surface area contributed by atoms with Crippen LogP contribution in [0.2, 0.25) is 0 Å². The average molecular weight is 375 g/mol. The summed E-state index contributed by atoms with van der Waals surface area (Å²) in [7, 11) is 0. The molecule has 0 atom stereocenters. The minimum absolute atomic E-state index is 0.0166. The highest BCUT2D eigenvalue weighted by Gasteiger charge is 2.20. The summed E-state index contributed by atoms with van der Waals surface area (Å²) in [5.74, 6) is 1.69. The Kier molecular flexibility index (Phi) is 5.24. The molecular formula is C23H25N3O2. The van der Waals surface area contributed by atoms with Gasteiger partial charge in [0.25, 0.3) is 5.91 Å². The number of rotatable bonds is 4. The van der Waals surface area contributed by atoms with Crippen molar-refractivity contribution in [2.75, 3.05) is 0 Å². The van der Waals surface area contributed by atoms with Crippen LogP contribution in [-0.2, 0) is 0 Å². The highest BCUT2D eigenvalue weighted by atomic mass is 16.4. The predicted molar refractivity (Wildman–Crippen MR) is 109 cm³/mol. The van der Waals surface area contributed by atoms with E-state index in [2.05, 4.69) is 22.4 Å². The molecule has 0 unspecified atom stereocenters. The Morgan fingerprint density at radius 3 is 2.32 bits per heavy atom. The summed E-state index contributed by atoms with van der Waals surface area (Å²) in [4.78, 5) is 12.5.